The first-order valence-corrected chi connectivity index (χ1v) is 5.77. The summed E-state index contributed by atoms with van der Waals surface area (Å²) in [4.78, 5) is 12.1. The van der Waals surface area contributed by atoms with Gasteiger partial charge in [0, 0.05) is 24.9 Å². The lowest BCUT2D eigenvalue weighted by atomic mass is 10.2. The van der Waals surface area contributed by atoms with Gasteiger partial charge in [0.05, 0.1) is 7.11 Å². The van der Waals surface area contributed by atoms with Crippen LogP contribution < -0.4 is 10.1 Å². The Morgan fingerprint density at radius 1 is 1.29 bits per heavy atom. The van der Waals surface area contributed by atoms with Crippen LogP contribution in [0.3, 0.4) is 0 Å². The van der Waals surface area contributed by atoms with Crippen molar-refractivity contribution in [2.75, 3.05) is 12.4 Å². The van der Waals surface area contributed by atoms with E-state index in [9.17, 15) is 0 Å². The number of methoxy groups -OCH3 is 1. The zero-order chi connectivity index (χ0) is 12.1. The Morgan fingerprint density at radius 2 is 2.18 bits per heavy atom. The van der Waals surface area contributed by atoms with Crippen LogP contribution in [0.1, 0.15) is 5.56 Å². The second-order valence-corrected chi connectivity index (χ2v) is 4.10. The molecule has 0 aromatic carbocycles. The van der Waals surface area contributed by atoms with Gasteiger partial charge >= 0.3 is 0 Å². The monoisotopic (exact) mass is 294 g/mol. The van der Waals surface area contributed by atoms with Crippen molar-refractivity contribution >= 4 is 21.7 Å². The van der Waals surface area contributed by atoms with Gasteiger partial charge in [-0.3, -0.25) is 0 Å². The van der Waals surface area contributed by atoms with Crippen molar-refractivity contribution < 1.29 is 4.74 Å². The zero-order valence-corrected chi connectivity index (χ0v) is 10.8. The Bertz CT molecular complexity index is 506. The van der Waals surface area contributed by atoms with E-state index in [1.807, 2.05) is 18.2 Å². The molecule has 1 N–H and O–H groups in total. The molecule has 0 unspecified atom stereocenters. The molecule has 0 bridgehead atoms. The number of rotatable bonds is 4. The number of nitrogens with zero attached hydrogens (tertiary/aromatic N) is 3. The van der Waals surface area contributed by atoms with Crippen molar-refractivity contribution in [3.63, 3.8) is 0 Å². The minimum atomic E-state index is 0.605. The number of anilines is 1. The Morgan fingerprint density at radius 3 is 2.94 bits per heavy atom. The van der Waals surface area contributed by atoms with Crippen LogP contribution in [0.4, 0.5) is 5.82 Å². The quantitative estimate of drug-likeness (QED) is 0.877. The molecule has 17 heavy (non-hydrogen) atoms. The van der Waals surface area contributed by atoms with E-state index in [-0.39, 0.29) is 0 Å². The number of halogens is 1. The molecular formula is C11H11BrN4O. The first-order chi connectivity index (χ1) is 8.28. The van der Waals surface area contributed by atoms with Crippen LogP contribution in [-0.4, -0.2) is 22.1 Å². The summed E-state index contributed by atoms with van der Waals surface area (Å²) in [5.41, 5.74) is 1.08. The number of ether oxygens (including phenoxy) is 1. The second-order valence-electron chi connectivity index (χ2n) is 3.29. The van der Waals surface area contributed by atoms with Crippen molar-refractivity contribution in [1.29, 1.82) is 0 Å². The maximum Gasteiger partial charge on any atom is 0.213 e. The van der Waals surface area contributed by atoms with E-state index in [0.717, 1.165) is 16.0 Å². The molecule has 2 aromatic rings. The average Bonchev–Trinajstić information content (AvgIpc) is 2.37. The minimum Gasteiger partial charge on any atom is -0.481 e. The molecule has 0 aliphatic rings. The molecule has 0 fully saturated rings. The fraction of sp³-hybridized carbons (Fsp3) is 0.182. The van der Waals surface area contributed by atoms with Crippen LogP contribution in [0.25, 0.3) is 0 Å². The maximum atomic E-state index is 5.05. The molecule has 0 saturated carbocycles. The molecule has 0 aliphatic carbocycles. The van der Waals surface area contributed by atoms with E-state index in [4.69, 9.17) is 4.74 Å². The van der Waals surface area contributed by atoms with Gasteiger partial charge in [0.2, 0.25) is 5.88 Å². The Labute approximate surface area is 107 Å². The summed E-state index contributed by atoms with van der Waals surface area (Å²) in [5.74, 6) is 1.37. The van der Waals surface area contributed by atoms with E-state index < -0.39 is 0 Å². The molecule has 2 heterocycles. The van der Waals surface area contributed by atoms with Gasteiger partial charge in [-0.1, -0.05) is 0 Å². The number of nitrogens with one attached hydrogen (secondary N) is 1. The predicted molar refractivity (Wildman–Crippen MR) is 67.8 cm³/mol. The van der Waals surface area contributed by atoms with Gasteiger partial charge in [-0.2, -0.15) is 0 Å². The molecule has 5 nitrogen and oxygen atoms in total. The molecule has 0 spiro atoms. The van der Waals surface area contributed by atoms with Crippen molar-refractivity contribution in [2.45, 2.75) is 6.54 Å². The summed E-state index contributed by atoms with van der Waals surface area (Å²) >= 11 is 3.29. The fourth-order valence-corrected chi connectivity index (χ4v) is 1.60. The highest BCUT2D eigenvalue weighted by atomic mass is 79.9. The van der Waals surface area contributed by atoms with Gasteiger partial charge in [0.25, 0.3) is 0 Å². The normalized spacial score (nSPS) is 10.0. The van der Waals surface area contributed by atoms with Gasteiger partial charge in [-0.25, -0.2) is 15.0 Å². The Balaban J connectivity index is 2.02. The number of hydrogen-bond donors (Lipinski definition) is 1. The largest absolute Gasteiger partial charge is 0.481 e. The standard InChI is InChI=1S/C11H11BrN4O/c1-17-11-4-8(2-3-13-11)6-14-10-5-9(12)15-7-16-10/h2-5,7H,6H2,1H3,(H,14,15,16). The van der Waals surface area contributed by atoms with Crippen LogP contribution in [0.5, 0.6) is 5.88 Å². The molecule has 0 radical (unpaired) electrons. The molecular weight excluding hydrogens is 284 g/mol. The van der Waals surface area contributed by atoms with Crippen molar-refractivity contribution in [3.8, 4) is 5.88 Å². The van der Waals surface area contributed by atoms with Crippen LogP contribution in [0.15, 0.2) is 35.3 Å². The number of hydrogen-bond acceptors (Lipinski definition) is 5. The van der Waals surface area contributed by atoms with Gasteiger partial charge in [0.1, 0.15) is 16.7 Å². The highest BCUT2D eigenvalue weighted by Gasteiger charge is 1.99. The van der Waals surface area contributed by atoms with E-state index in [1.54, 1.807) is 13.3 Å². The summed E-state index contributed by atoms with van der Waals surface area (Å²) in [7, 11) is 1.60. The number of pyridine rings is 1. The maximum absolute atomic E-state index is 5.05. The molecule has 2 aromatic heterocycles. The molecule has 6 heteroatoms. The smallest absolute Gasteiger partial charge is 0.213 e. The van der Waals surface area contributed by atoms with Crippen LogP contribution in [0.2, 0.25) is 0 Å². The minimum absolute atomic E-state index is 0.605. The van der Waals surface area contributed by atoms with E-state index in [0.29, 0.717) is 12.4 Å². The van der Waals surface area contributed by atoms with Gasteiger partial charge in [0.15, 0.2) is 0 Å². The van der Waals surface area contributed by atoms with Gasteiger partial charge in [-0.05, 0) is 27.6 Å². The second kappa shape index (κ2) is 5.58. The highest BCUT2D eigenvalue weighted by Crippen LogP contribution is 2.12. The molecule has 0 aliphatic heterocycles. The summed E-state index contributed by atoms with van der Waals surface area (Å²) in [6.07, 6.45) is 3.21. The third kappa shape index (κ3) is 3.39. The average molecular weight is 295 g/mol. The number of aromatic nitrogens is 3. The topological polar surface area (TPSA) is 59.9 Å². The van der Waals surface area contributed by atoms with Crippen molar-refractivity contribution in [2.24, 2.45) is 0 Å². The lowest BCUT2D eigenvalue weighted by molar-refractivity contribution is 0.397. The van der Waals surface area contributed by atoms with Gasteiger partial charge in [-0.15, -0.1) is 0 Å². The third-order valence-electron chi connectivity index (χ3n) is 2.12. The first-order valence-electron chi connectivity index (χ1n) is 4.98. The van der Waals surface area contributed by atoms with Gasteiger partial charge < -0.3 is 10.1 Å². The highest BCUT2D eigenvalue weighted by molar-refractivity contribution is 9.10. The summed E-state index contributed by atoms with van der Waals surface area (Å²) in [6, 6.07) is 5.62. The van der Waals surface area contributed by atoms with Crippen LogP contribution in [0, 0.1) is 0 Å². The molecule has 2 rings (SSSR count). The summed E-state index contributed by atoms with van der Waals surface area (Å²) in [5, 5.41) is 3.19. The zero-order valence-electron chi connectivity index (χ0n) is 9.22. The molecule has 0 atom stereocenters. The first kappa shape index (κ1) is 11.8. The van der Waals surface area contributed by atoms with E-state index in [1.165, 1.54) is 6.33 Å². The lowest BCUT2D eigenvalue weighted by Crippen LogP contribution is -2.02. The van der Waals surface area contributed by atoms with Crippen LogP contribution >= 0.6 is 15.9 Å². The van der Waals surface area contributed by atoms with Crippen molar-refractivity contribution in [3.05, 3.63) is 40.9 Å². The molecule has 0 amide bonds. The lowest BCUT2D eigenvalue weighted by Gasteiger charge is -2.06. The summed E-state index contributed by atoms with van der Waals surface area (Å²) in [6.45, 7) is 0.655. The summed E-state index contributed by atoms with van der Waals surface area (Å²) < 4.78 is 5.81. The Hall–Kier alpha value is -1.69. The van der Waals surface area contributed by atoms with E-state index >= 15 is 0 Å². The molecule has 0 saturated heterocycles. The Kier molecular flexibility index (Phi) is 3.87. The third-order valence-corrected chi connectivity index (χ3v) is 2.55. The molecule has 88 valence electrons. The predicted octanol–water partition coefficient (Wildman–Crippen LogP) is 2.25. The fourth-order valence-electron chi connectivity index (χ4n) is 1.29. The van der Waals surface area contributed by atoms with E-state index in [2.05, 4.69) is 36.2 Å². The van der Waals surface area contributed by atoms with Crippen molar-refractivity contribution in [1.82, 2.24) is 15.0 Å². The van der Waals surface area contributed by atoms with Crippen LogP contribution in [-0.2, 0) is 6.54 Å². The SMILES string of the molecule is COc1cc(CNc2cc(Br)ncn2)ccn1.